The number of aryl methyl sites for hydroxylation is 1. The fourth-order valence-electron chi connectivity index (χ4n) is 9.78. The monoisotopic (exact) mass is 857 g/mol. The van der Waals surface area contributed by atoms with Crippen LogP contribution in [0.15, 0.2) is 59.7 Å². The average Bonchev–Trinajstić information content (AvgIpc) is 3.73. The van der Waals surface area contributed by atoms with Gasteiger partial charge in [0.2, 0.25) is 17.8 Å². The normalized spacial score (nSPS) is 22.4. The van der Waals surface area contributed by atoms with Crippen LogP contribution in [-0.2, 0) is 34.3 Å². The number of hydrogen-bond acceptors (Lipinski definition) is 10. The lowest BCUT2D eigenvalue weighted by Gasteiger charge is -2.46. The molecule has 17 heteroatoms. The molecule has 4 fully saturated rings. The maximum atomic E-state index is 13.1. The summed E-state index contributed by atoms with van der Waals surface area (Å²) in [6.07, 6.45) is 4.86. The van der Waals surface area contributed by atoms with E-state index in [-0.39, 0.29) is 48.8 Å². The number of benzene rings is 2. The minimum absolute atomic E-state index is 0.132. The minimum atomic E-state index is -4.27. The number of piperidine rings is 2. The van der Waals surface area contributed by atoms with Crippen molar-refractivity contribution in [3.05, 3.63) is 76.5 Å². The summed E-state index contributed by atoms with van der Waals surface area (Å²) in [4.78, 5) is 51.4. The molecule has 9 rings (SSSR count). The molecular weight excluding hydrogens is 804 g/mol. The van der Waals surface area contributed by atoms with Crippen molar-refractivity contribution in [3.63, 3.8) is 0 Å². The summed E-state index contributed by atoms with van der Waals surface area (Å²) in [6.45, 7) is 5.03. The summed E-state index contributed by atoms with van der Waals surface area (Å²) >= 11 is 0. The molecule has 1 atom stereocenters. The Balaban J connectivity index is 0.747. The van der Waals surface area contributed by atoms with Gasteiger partial charge in [0.25, 0.3) is 0 Å². The van der Waals surface area contributed by atoms with Gasteiger partial charge in [0.05, 0.1) is 36.3 Å². The SMILES string of the molecule is Cn1c(=O)n([C@H]2CCC(=O)NC2=O)c2ccc(CCOC3CN(C4CCN(Cc5ccc(-c6cn([C@H]7CC[C@H](O)CC7)c7nc(NCCC(F)(F)F)ncc67)cc5)CC4)C3)cc21. The fraction of sp³-hybridized carbons (Fsp3) is 0.533. The maximum Gasteiger partial charge on any atom is 0.390 e. The number of hydrogen-bond donors (Lipinski definition) is 3. The number of imide groups is 1. The van der Waals surface area contributed by atoms with Gasteiger partial charge in [-0.15, -0.1) is 0 Å². The summed E-state index contributed by atoms with van der Waals surface area (Å²) in [6, 6.07) is 14.4. The molecule has 3 N–H and O–H groups in total. The van der Waals surface area contributed by atoms with Crippen LogP contribution in [-0.4, -0.2) is 114 Å². The van der Waals surface area contributed by atoms with E-state index in [4.69, 9.17) is 4.74 Å². The second kappa shape index (κ2) is 17.6. The van der Waals surface area contributed by atoms with Crippen molar-refractivity contribution in [2.24, 2.45) is 7.05 Å². The number of likely N-dealkylation sites (tertiary alicyclic amines) is 2. The van der Waals surface area contributed by atoms with Crippen LogP contribution in [0.4, 0.5) is 19.1 Å². The molecular formula is C45H54F3N9O5. The van der Waals surface area contributed by atoms with Crippen molar-refractivity contribution in [1.82, 2.24) is 38.8 Å². The Morgan fingerprint density at radius 2 is 1.66 bits per heavy atom. The quantitative estimate of drug-likeness (QED) is 0.130. The van der Waals surface area contributed by atoms with Crippen molar-refractivity contribution in [3.8, 4) is 11.1 Å². The Labute approximate surface area is 357 Å². The molecule has 3 aliphatic heterocycles. The summed E-state index contributed by atoms with van der Waals surface area (Å²) in [7, 11) is 1.71. The van der Waals surface area contributed by atoms with Crippen molar-refractivity contribution >= 4 is 39.8 Å². The molecule has 14 nitrogen and oxygen atoms in total. The molecule has 2 aromatic carbocycles. The number of nitrogens with zero attached hydrogens (tertiary/aromatic N) is 7. The smallest absolute Gasteiger partial charge is 0.390 e. The molecule has 5 aromatic rings. The van der Waals surface area contributed by atoms with Gasteiger partial charge in [-0.3, -0.25) is 33.8 Å². The van der Waals surface area contributed by atoms with Crippen LogP contribution in [0.3, 0.4) is 0 Å². The zero-order valence-electron chi connectivity index (χ0n) is 34.9. The predicted octanol–water partition coefficient (Wildman–Crippen LogP) is 5.48. The van der Waals surface area contributed by atoms with Crippen LogP contribution >= 0.6 is 0 Å². The molecule has 0 bridgehead atoms. The predicted molar refractivity (Wildman–Crippen MR) is 228 cm³/mol. The van der Waals surface area contributed by atoms with Gasteiger partial charge < -0.3 is 19.7 Å². The summed E-state index contributed by atoms with van der Waals surface area (Å²) in [5.41, 5.74) is 6.14. The van der Waals surface area contributed by atoms with Crippen LogP contribution in [0.1, 0.15) is 81.0 Å². The highest BCUT2D eigenvalue weighted by Crippen LogP contribution is 2.37. The lowest BCUT2D eigenvalue weighted by atomic mass is 9.93. The number of carbonyl (C=O) groups excluding carboxylic acids is 2. The van der Waals surface area contributed by atoms with Gasteiger partial charge >= 0.3 is 11.9 Å². The van der Waals surface area contributed by atoms with Gasteiger partial charge in [0.15, 0.2) is 0 Å². The van der Waals surface area contributed by atoms with E-state index in [2.05, 4.69) is 65.4 Å². The first kappa shape index (κ1) is 42.2. The van der Waals surface area contributed by atoms with Gasteiger partial charge in [-0.05, 0) is 93.3 Å². The lowest BCUT2D eigenvalue weighted by molar-refractivity contribution is -0.136. The van der Waals surface area contributed by atoms with Crippen molar-refractivity contribution in [1.29, 1.82) is 0 Å². The Morgan fingerprint density at radius 3 is 2.39 bits per heavy atom. The van der Waals surface area contributed by atoms with E-state index in [0.29, 0.717) is 49.5 Å². The van der Waals surface area contributed by atoms with Gasteiger partial charge in [-0.2, -0.15) is 18.2 Å². The standard InChI is InChI=1S/C45H54F3N9O5/c1-53-39-22-28(4-11-37(39)57(44(53)61)38-12-13-40(59)51-42(38)60)16-21-62-34-25-55(26-34)31-14-19-54(20-15-31)24-29-2-5-30(6-3-29)36-27-56(32-7-9-33(58)10-8-32)41-35(36)23-50-43(52-41)49-18-17-45(46,47)48/h2-6,11,22-23,27,31-34,38,58H,7-10,12-21,24-26H2,1H3,(H,49,50,52)(H,51,59,60)/t32-,33-,38-/m0/s1. The van der Waals surface area contributed by atoms with Crippen LogP contribution in [0.2, 0.25) is 0 Å². The van der Waals surface area contributed by atoms with Gasteiger partial charge in [-0.25, -0.2) is 9.78 Å². The van der Waals surface area contributed by atoms with Crippen molar-refractivity contribution in [2.45, 2.75) is 107 Å². The number of aliphatic hydroxyl groups is 1. The molecule has 2 amide bonds. The Morgan fingerprint density at radius 1 is 0.919 bits per heavy atom. The molecule has 3 saturated heterocycles. The van der Waals surface area contributed by atoms with E-state index in [1.165, 1.54) is 10.1 Å². The average molecular weight is 858 g/mol. The number of amides is 2. The topological polar surface area (TPSA) is 152 Å². The number of alkyl halides is 3. The summed E-state index contributed by atoms with van der Waals surface area (Å²) < 4.78 is 49.8. The molecule has 1 aliphatic carbocycles. The highest BCUT2D eigenvalue weighted by atomic mass is 19.4. The zero-order valence-corrected chi connectivity index (χ0v) is 34.9. The van der Waals surface area contributed by atoms with Gasteiger partial charge in [0, 0.05) is 75.1 Å². The van der Waals surface area contributed by atoms with E-state index in [1.54, 1.807) is 17.8 Å². The third kappa shape index (κ3) is 9.03. The number of aromatic nitrogens is 5. The molecule has 0 spiro atoms. The molecule has 0 radical (unpaired) electrons. The molecule has 3 aromatic heterocycles. The fourth-order valence-corrected chi connectivity index (χ4v) is 9.78. The molecule has 330 valence electrons. The highest BCUT2D eigenvalue weighted by Gasteiger charge is 2.35. The highest BCUT2D eigenvalue weighted by molar-refractivity contribution is 6.00. The Hall–Kier alpha value is -5.10. The first-order valence-electron chi connectivity index (χ1n) is 21.9. The van der Waals surface area contributed by atoms with Crippen molar-refractivity contribution in [2.75, 3.05) is 44.6 Å². The number of rotatable bonds is 13. The molecule has 62 heavy (non-hydrogen) atoms. The number of halogens is 3. The maximum absolute atomic E-state index is 13.1. The number of carbonyl (C=O) groups is 2. The number of aliphatic hydroxyl groups excluding tert-OH is 1. The van der Waals surface area contributed by atoms with Crippen LogP contribution in [0.5, 0.6) is 0 Å². The van der Waals surface area contributed by atoms with Crippen molar-refractivity contribution < 1.29 is 32.6 Å². The van der Waals surface area contributed by atoms with Gasteiger partial charge in [-0.1, -0.05) is 30.3 Å². The third-order valence-corrected chi connectivity index (χ3v) is 13.4. The minimum Gasteiger partial charge on any atom is -0.393 e. The first-order chi connectivity index (χ1) is 29.9. The lowest BCUT2D eigenvalue weighted by Crippen LogP contribution is -2.58. The summed E-state index contributed by atoms with van der Waals surface area (Å²) in [5, 5.41) is 16.1. The van der Waals surface area contributed by atoms with Crippen LogP contribution < -0.4 is 16.3 Å². The van der Waals surface area contributed by atoms with Crippen LogP contribution in [0, 0.1) is 0 Å². The Kier molecular flexibility index (Phi) is 12.0. The number of anilines is 1. The largest absolute Gasteiger partial charge is 0.393 e. The second-order valence-electron chi connectivity index (χ2n) is 17.5. The summed E-state index contributed by atoms with van der Waals surface area (Å²) in [5.74, 6) is -0.576. The molecule has 0 unspecified atom stereocenters. The van der Waals surface area contributed by atoms with E-state index in [0.717, 1.165) is 86.0 Å². The van der Waals surface area contributed by atoms with E-state index < -0.39 is 24.5 Å². The third-order valence-electron chi connectivity index (χ3n) is 13.4. The van der Waals surface area contributed by atoms with E-state index in [1.807, 2.05) is 18.2 Å². The Bertz CT molecular complexity index is 2480. The zero-order chi connectivity index (χ0) is 43.1. The number of ether oxygens (including phenoxy) is 1. The number of nitrogens with one attached hydrogen (secondary N) is 2. The molecule has 1 saturated carbocycles. The molecule has 6 heterocycles. The number of fused-ring (bicyclic) bond motifs is 2. The van der Waals surface area contributed by atoms with E-state index in [9.17, 15) is 32.7 Å². The number of imidazole rings is 1. The second-order valence-corrected chi connectivity index (χ2v) is 17.5. The van der Waals surface area contributed by atoms with E-state index >= 15 is 0 Å². The van der Waals surface area contributed by atoms with Crippen LogP contribution in [0.25, 0.3) is 33.2 Å². The van der Waals surface area contributed by atoms with Gasteiger partial charge in [0.1, 0.15) is 11.7 Å². The molecule has 4 aliphatic rings. The first-order valence-corrected chi connectivity index (χ1v) is 21.9.